The molecular formula is C6H5N3S. The number of nitrogens with two attached hydrogens (primary N) is 1. The predicted molar refractivity (Wildman–Crippen MR) is 41.8 cm³/mol. The van der Waals surface area contributed by atoms with E-state index in [0.717, 1.165) is 10.3 Å². The first kappa shape index (κ1) is 5.61. The van der Waals surface area contributed by atoms with Crippen LogP contribution in [0, 0.1) is 0 Å². The maximum atomic E-state index is 5.42. The summed E-state index contributed by atoms with van der Waals surface area (Å²) in [6.07, 6.45) is 1.56. The smallest absolute Gasteiger partial charge is 0.144 e. The molecule has 0 radical (unpaired) electrons. The molecule has 0 bridgehead atoms. The molecule has 0 saturated carbocycles. The van der Waals surface area contributed by atoms with Gasteiger partial charge in [-0.3, -0.25) is 0 Å². The van der Waals surface area contributed by atoms with Crippen LogP contribution in [-0.2, 0) is 0 Å². The van der Waals surface area contributed by atoms with Crippen LogP contribution in [0.5, 0.6) is 0 Å². The molecule has 10 heavy (non-hydrogen) atoms. The highest BCUT2D eigenvalue weighted by Crippen LogP contribution is 2.15. The molecule has 2 aromatic rings. The largest absolute Gasteiger partial charge is 0.382 e. The Labute approximate surface area is 61.5 Å². The maximum Gasteiger partial charge on any atom is 0.144 e. The topological polar surface area (TPSA) is 51.8 Å². The van der Waals surface area contributed by atoms with E-state index in [2.05, 4.69) is 9.97 Å². The van der Waals surface area contributed by atoms with Crippen molar-refractivity contribution in [1.29, 1.82) is 0 Å². The Bertz CT molecular complexity index is 355. The molecule has 0 amide bonds. The van der Waals surface area contributed by atoms with Gasteiger partial charge in [0.25, 0.3) is 0 Å². The standard InChI is InChI=1S/C6H5N3S/c7-5-3-8-4-1-2-10-6(4)9-5/h1-3H,(H2,7,9). The van der Waals surface area contributed by atoms with E-state index >= 15 is 0 Å². The number of thiophene rings is 1. The van der Waals surface area contributed by atoms with Crippen LogP contribution in [0.2, 0.25) is 0 Å². The van der Waals surface area contributed by atoms with Crippen molar-refractivity contribution in [2.75, 3.05) is 5.73 Å². The van der Waals surface area contributed by atoms with E-state index in [-0.39, 0.29) is 0 Å². The quantitative estimate of drug-likeness (QED) is 0.617. The maximum absolute atomic E-state index is 5.42. The molecule has 4 heteroatoms. The van der Waals surface area contributed by atoms with Gasteiger partial charge < -0.3 is 5.73 Å². The molecule has 0 aliphatic carbocycles. The van der Waals surface area contributed by atoms with Crippen LogP contribution >= 0.6 is 11.3 Å². The Balaban J connectivity index is 2.86. The molecule has 0 fully saturated rings. The summed E-state index contributed by atoms with van der Waals surface area (Å²) >= 11 is 1.55. The average Bonchev–Trinajstić information content (AvgIpc) is 2.33. The molecule has 50 valence electrons. The van der Waals surface area contributed by atoms with E-state index in [1.807, 2.05) is 11.4 Å². The van der Waals surface area contributed by atoms with Gasteiger partial charge in [0.05, 0.1) is 11.7 Å². The lowest BCUT2D eigenvalue weighted by atomic mass is 10.5. The first-order chi connectivity index (χ1) is 4.86. The molecule has 0 aromatic carbocycles. The molecule has 0 aliphatic heterocycles. The van der Waals surface area contributed by atoms with E-state index in [9.17, 15) is 0 Å². The SMILES string of the molecule is Nc1cnc2ccsc2n1. The summed E-state index contributed by atoms with van der Waals surface area (Å²) in [5.74, 6) is 0.481. The number of rotatable bonds is 0. The van der Waals surface area contributed by atoms with Gasteiger partial charge >= 0.3 is 0 Å². The van der Waals surface area contributed by atoms with Gasteiger partial charge in [0.1, 0.15) is 10.6 Å². The molecule has 0 aliphatic rings. The lowest BCUT2D eigenvalue weighted by Crippen LogP contribution is -1.89. The Morgan fingerprint density at radius 1 is 1.50 bits per heavy atom. The molecule has 0 atom stereocenters. The van der Waals surface area contributed by atoms with Gasteiger partial charge in [-0.15, -0.1) is 11.3 Å². The highest BCUT2D eigenvalue weighted by Gasteiger charge is 1.95. The minimum atomic E-state index is 0.481. The molecule has 0 saturated heterocycles. The number of hydrogen-bond acceptors (Lipinski definition) is 4. The van der Waals surface area contributed by atoms with Gasteiger partial charge in [-0.05, 0) is 11.4 Å². The summed E-state index contributed by atoms with van der Waals surface area (Å²) in [4.78, 5) is 9.04. The summed E-state index contributed by atoms with van der Waals surface area (Å²) in [6, 6.07) is 1.92. The summed E-state index contributed by atoms with van der Waals surface area (Å²) in [6.45, 7) is 0. The van der Waals surface area contributed by atoms with E-state index in [1.54, 1.807) is 17.5 Å². The van der Waals surface area contributed by atoms with Gasteiger partial charge in [0.2, 0.25) is 0 Å². The van der Waals surface area contributed by atoms with Crippen molar-refractivity contribution in [1.82, 2.24) is 9.97 Å². The molecule has 0 unspecified atom stereocenters. The number of anilines is 1. The predicted octanol–water partition coefficient (Wildman–Crippen LogP) is 1.27. The molecular weight excluding hydrogens is 146 g/mol. The van der Waals surface area contributed by atoms with Crippen molar-refractivity contribution in [3.05, 3.63) is 17.6 Å². The van der Waals surface area contributed by atoms with Gasteiger partial charge in [-0.25, -0.2) is 9.97 Å². The highest BCUT2D eigenvalue weighted by atomic mass is 32.1. The summed E-state index contributed by atoms with van der Waals surface area (Å²) < 4.78 is 0. The minimum absolute atomic E-state index is 0.481. The second-order valence-electron chi connectivity index (χ2n) is 1.91. The van der Waals surface area contributed by atoms with Crippen LogP contribution in [0.1, 0.15) is 0 Å². The lowest BCUT2D eigenvalue weighted by molar-refractivity contribution is 1.32. The third-order valence-electron chi connectivity index (χ3n) is 1.19. The van der Waals surface area contributed by atoms with Crippen molar-refractivity contribution in [2.45, 2.75) is 0 Å². The summed E-state index contributed by atoms with van der Waals surface area (Å²) in [7, 11) is 0. The van der Waals surface area contributed by atoms with E-state index in [1.165, 1.54) is 0 Å². The second kappa shape index (κ2) is 1.91. The number of nitrogens with zero attached hydrogens (tertiary/aromatic N) is 2. The molecule has 3 nitrogen and oxygen atoms in total. The van der Waals surface area contributed by atoms with Crippen molar-refractivity contribution in [3.8, 4) is 0 Å². The van der Waals surface area contributed by atoms with Crippen molar-refractivity contribution in [2.24, 2.45) is 0 Å². The van der Waals surface area contributed by atoms with Crippen molar-refractivity contribution < 1.29 is 0 Å². The monoisotopic (exact) mass is 151 g/mol. The number of hydrogen-bond donors (Lipinski definition) is 1. The Kier molecular flexibility index (Phi) is 1.07. The van der Waals surface area contributed by atoms with E-state index < -0.39 is 0 Å². The first-order valence-electron chi connectivity index (χ1n) is 2.82. The van der Waals surface area contributed by atoms with Gasteiger partial charge in [0.15, 0.2) is 0 Å². The lowest BCUT2D eigenvalue weighted by Gasteiger charge is -1.88. The Morgan fingerprint density at radius 2 is 2.40 bits per heavy atom. The average molecular weight is 151 g/mol. The van der Waals surface area contributed by atoms with E-state index in [4.69, 9.17) is 5.73 Å². The number of fused-ring (bicyclic) bond motifs is 1. The number of nitrogen functional groups attached to an aromatic ring is 1. The summed E-state index contributed by atoms with van der Waals surface area (Å²) in [5.41, 5.74) is 6.33. The second-order valence-corrected chi connectivity index (χ2v) is 2.80. The molecule has 2 N–H and O–H groups in total. The number of aromatic nitrogens is 2. The zero-order valence-corrected chi connectivity index (χ0v) is 5.93. The van der Waals surface area contributed by atoms with Crippen LogP contribution in [0.15, 0.2) is 17.6 Å². The van der Waals surface area contributed by atoms with Gasteiger partial charge in [0, 0.05) is 0 Å². The molecule has 0 spiro atoms. The van der Waals surface area contributed by atoms with Crippen LogP contribution in [0.4, 0.5) is 5.82 Å². The fraction of sp³-hybridized carbons (Fsp3) is 0. The molecule has 2 heterocycles. The van der Waals surface area contributed by atoms with Crippen molar-refractivity contribution in [3.63, 3.8) is 0 Å². The Morgan fingerprint density at radius 3 is 3.30 bits per heavy atom. The van der Waals surface area contributed by atoms with Crippen LogP contribution in [-0.4, -0.2) is 9.97 Å². The van der Waals surface area contributed by atoms with Crippen LogP contribution in [0.25, 0.3) is 10.3 Å². The van der Waals surface area contributed by atoms with Gasteiger partial charge in [-0.2, -0.15) is 0 Å². The Hall–Kier alpha value is -1.16. The third-order valence-corrected chi connectivity index (χ3v) is 1.99. The zero-order chi connectivity index (χ0) is 6.97. The van der Waals surface area contributed by atoms with Gasteiger partial charge in [-0.1, -0.05) is 0 Å². The minimum Gasteiger partial charge on any atom is -0.382 e. The molecule has 2 rings (SSSR count). The van der Waals surface area contributed by atoms with E-state index in [0.29, 0.717) is 5.82 Å². The fourth-order valence-corrected chi connectivity index (χ4v) is 1.48. The third kappa shape index (κ3) is 0.733. The van der Waals surface area contributed by atoms with Crippen LogP contribution in [0.3, 0.4) is 0 Å². The van der Waals surface area contributed by atoms with Crippen molar-refractivity contribution >= 4 is 27.5 Å². The first-order valence-corrected chi connectivity index (χ1v) is 3.70. The summed E-state index contributed by atoms with van der Waals surface area (Å²) in [5, 5.41) is 1.95. The zero-order valence-electron chi connectivity index (χ0n) is 5.11. The highest BCUT2D eigenvalue weighted by molar-refractivity contribution is 7.16. The fourth-order valence-electron chi connectivity index (χ4n) is 0.758. The normalized spacial score (nSPS) is 10.4. The van der Waals surface area contributed by atoms with Crippen LogP contribution < -0.4 is 5.73 Å². The molecule has 2 aromatic heterocycles.